The highest BCUT2D eigenvalue weighted by Gasteiger charge is 2.26. The number of alkyl halides is 1. The quantitative estimate of drug-likeness (QED) is 0.702. The van der Waals surface area contributed by atoms with Crippen molar-refractivity contribution in [1.29, 1.82) is 0 Å². The fraction of sp³-hybridized carbons (Fsp3) is 0.769. The van der Waals surface area contributed by atoms with E-state index in [1.807, 2.05) is 11.6 Å². The summed E-state index contributed by atoms with van der Waals surface area (Å²) in [7, 11) is 0. The topological polar surface area (TPSA) is 17.8 Å². The first-order valence-electron chi connectivity index (χ1n) is 6.25. The molecule has 0 N–H and O–H groups in total. The van der Waals surface area contributed by atoms with Crippen molar-refractivity contribution in [3.05, 3.63) is 16.4 Å². The second-order valence-electron chi connectivity index (χ2n) is 5.03. The van der Waals surface area contributed by atoms with Crippen LogP contribution in [-0.4, -0.2) is 15.7 Å². The minimum atomic E-state index is 0.110. The third-order valence-electron chi connectivity index (χ3n) is 3.22. The molecule has 1 aromatic rings. The molecule has 98 valence electrons. The summed E-state index contributed by atoms with van der Waals surface area (Å²) in [6.45, 7) is 9.31. The lowest BCUT2D eigenvalue weighted by molar-refractivity contribution is 0.325. The van der Waals surface area contributed by atoms with Gasteiger partial charge in [-0.15, -0.1) is 11.6 Å². The molecule has 1 heterocycles. The van der Waals surface area contributed by atoms with Gasteiger partial charge in [0.15, 0.2) is 0 Å². The van der Waals surface area contributed by atoms with Crippen LogP contribution in [0.1, 0.15) is 45.0 Å². The molecule has 0 saturated heterocycles. The molecule has 2 nitrogen and oxygen atoms in total. The van der Waals surface area contributed by atoms with Gasteiger partial charge >= 0.3 is 0 Å². The Morgan fingerprint density at radius 1 is 1.35 bits per heavy atom. The first-order chi connectivity index (χ1) is 7.97. The summed E-state index contributed by atoms with van der Waals surface area (Å²) in [5.41, 5.74) is 2.15. The zero-order valence-corrected chi connectivity index (χ0v) is 12.7. The Kier molecular flexibility index (Phi) is 5.33. The monoisotopic (exact) mass is 276 g/mol. The lowest BCUT2D eigenvalue weighted by Crippen LogP contribution is -2.23. The lowest BCUT2D eigenvalue weighted by Gasteiger charge is -2.27. The van der Waals surface area contributed by atoms with E-state index in [-0.39, 0.29) is 5.41 Å². The van der Waals surface area contributed by atoms with Gasteiger partial charge in [-0.25, -0.2) is 0 Å². The Bertz CT molecular complexity index is 374. The van der Waals surface area contributed by atoms with Crippen molar-refractivity contribution in [3.63, 3.8) is 0 Å². The fourth-order valence-corrected chi connectivity index (χ4v) is 2.68. The molecule has 0 aliphatic rings. The first kappa shape index (κ1) is 14.8. The zero-order valence-electron chi connectivity index (χ0n) is 11.2. The fourth-order valence-electron chi connectivity index (χ4n) is 2.25. The molecule has 1 rings (SSSR count). The van der Waals surface area contributed by atoms with Crippen LogP contribution in [0, 0.1) is 12.3 Å². The molecule has 0 aromatic carbocycles. The van der Waals surface area contributed by atoms with E-state index in [0.29, 0.717) is 5.88 Å². The molecular weight excluding hydrogens is 255 g/mol. The third-order valence-corrected chi connectivity index (χ3v) is 4.36. The molecule has 1 atom stereocenters. The Hall–Kier alpha value is -0.210. The summed E-state index contributed by atoms with van der Waals surface area (Å²) in [4.78, 5) is 0. The van der Waals surface area contributed by atoms with Gasteiger partial charge in [0, 0.05) is 12.4 Å². The second-order valence-corrected chi connectivity index (χ2v) is 5.68. The SMILES string of the molecule is CCCC(C)(CCl)Cc1c(Cl)c(C)nn1CC. The van der Waals surface area contributed by atoms with E-state index in [1.165, 1.54) is 0 Å². The Labute approximate surface area is 114 Å². The molecule has 0 aliphatic carbocycles. The van der Waals surface area contributed by atoms with Crippen LogP contribution in [-0.2, 0) is 13.0 Å². The number of hydrogen-bond acceptors (Lipinski definition) is 1. The first-order valence-corrected chi connectivity index (χ1v) is 7.16. The van der Waals surface area contributed by atoms with Crippen LogP contribution in [0.5, 0.6) is 0 Å². The standard InChI is InChI=1S/C13H22Cl2N2/c1-5-7-13(4,9-14)8-11-12(15)10(3)16-17(11)6-2/h5-9H2,1-4H3. The molecule has 0 saturated carbocycles. The molecule has 17 heavy (non-hydrogen) atoms. The maximum atomic E-state index is 6.33. The van der Waals surface area contributed by atoms with Gasteiger partial charge in [0.2, 0.25) is 0 Å². The molecule has 0 radical (unpaired) electrons. The summed E-state index contributed by atoms with van der Waals surface area (Å²) in [5.74, 6) is 0.658. The van der Waals surface area contributed by atoms with Crippen molar-refractivity contribution >= 4 is 23.2 Å². The predicted octanol–water partition coefficient (Wildman–Crippen LogP) is 4.45. The zero-order chi connectivity index (χ0) is 13.1. The Balaban J connectivity index is 3.00. The summed E-state index contributed by atoms with van der Waals surface area (Å²) in [5, 5.41) is 5.25. The highest BCUT2D eigenvalue weighted by molar-refractivity contribution is 6.31. The van der Waals surface area contributed by atoms with Gasteiger partial charge < -0.3 is 0 Å². The van der Waals surface area contributed by atoms with E-state index in [9.17, 15) is 0 Å². The predicted molar refractivity (Wildman–Crippen MR) is 75.1 cm³/mol. The van der Waals surface area contributed by atoms with E-state index in [1.54, 1.807) is 0 Å². The molecule has 0 aliphatic heterocycles. The van der Waals surface area contributed by atoms with Crippen molar-refractivity contribution < 1.29 is 0 Å². The van der Waals surface area contributed by atoms with E-state index in [2.05, 4.69) is 25.9 Å². The molecule has 0 fully saturated rings. The minimum absolute atomic E-state index is 0.110. The van der Waals surface area contributed by atoms with Gasteiger partial charge in [-0.3, -0.25) is 4.68 Å². The average molecular weight is 277 g/mol. The van der Waals surface area contributed by atoms with Gasteiger partial charge in [0.25, 0.3) is 0 Å². The van der Waals surface area contributed by atoms with Crippen molar-refractivity contribution in [2.45, 2.75) is 53.5 Å². The summed E-state index contributed by atoms with van der Waals surface area (Å²) in [6, 6.07) is 0. The molecule has 1 aromatic heterocycles. The molecule has 1 unspecified atom stereocenters. The number of halogens is 2. The van der Waals surface area contributed by atoms with Crippen LogP contribution in [0.4, 0.5) is 0 Å². The van der Waals surface area contributed by atoms with Gasteiger partial charge in [-0.1, -0.05) is 31.9 Å². The molecule has 0 amide bonds. The lowest BCUT2D eigenvalue weighted by atomic mass is 9.83. The summed E-state index contributed by atoms with van der Waals surface area (Å²) >= 11 is 12.4. The van der Waals surface area contributed by atoms with Crippen molar-refractivity contribution in [1.82, 2.24) is 9.78 Å². The third kappa shape index (κ3) is 3.38. The van der Waals surface area contributed by atoms with Gasteiger partial charge in [0.1, 0.15) is 0 Å². The summed E-state index contributed by atoms with van der Waals surface area (Å²) in [6.07, 6.45) is 3.15. The van der Waals surface area contributed by atoms with Crippen molar-refractivity contribution in [2.75, 3.05) is 5.88 Å². The van der Waals surface area contributed by atoms with Crippen molar-refractivity contribution in [2.24, 2.45) is 5.41 Å². The van der Waals surface area contributed by atoms with Crippen LogP contribution in [0.3, 0.4) is 0 Å². The van der Waals surface area contributed by atoms with E-state index >= 15 is 0 Å². The van der Waals surface area contributed by atoms with E-state index < -0.39 is 0 Å². The smallest absolute Gasteiger partial charge is 0.0847 e. The van der Waals surface area contributed by atoms with E-state index in [4.69, 9.17) is 23.2 Å². The molecule has 4 heteroatoms. The maximum absolute atomic E-state index is 6.33. The largest absolute Gasteiger partial charge is 0.268 e. The van der Waals surface area contributed by atoms with Gasteiger partial charge in [-0.2, -0.15) is 5.10 Å². The molecule has 0 spiro atoms. The number of aromatic nitrogens is 2. The second kappa shape index (κ2) is 6.10. The Morgan fingerprint density at radius 3 is 2.47 bits per heavy atom. The minimum Gasteiger partial charge on any atom is -0.268 e. The average Bonchev–Trinajstić information content (AvgIpc) is 2.57. The Morgan fingerprint density at radius 2 is 2.00 bits per heavy atom. The van der Waals surface area contributed by atoms with Crippen LogP contribution >= 0.6 is 23.2 Å². The maximum Gasteiger partial charge on any atom is 0.0847 e. The van der Waals surface area contributed by atoms with Crippen LogP contribution < -0.4 is 0 Å². The van der Waals surface area contributed by atoms with E-state index in [0.717, 1.165) is 42.2 Å². The van der Waals surface area contributed by atoms with Gasteiger partial charge in [-0.05, 0) is 32.1 Å². The number of aryl methyl sites for hydroxylation is 2. The number of hydrogen-bond donors (Lipinski definition) is 0. The highest BCUT2D eigenvalue weighted by atomic mass is 35.5. The molecule has 0 bridgehead atoms. The van der Waals surface area contributed by atoms with Gasteiger partial charge in [0.05, 0.1) is 16.4 Å². The summed E-state index contributed by atoms with van der Waals surface area (Å²) < 4.78 is 2.00. The number of rotatable bonds is 6. The van der Waals surface area contributed by atoms with Crippen molar-refractivity contribution in [3.8, 4) is 0 Å². The van der Waals surface area contributed by atoms with Crippen LogP contribution in [0.2, 0.25) is 5.02 Å². The van der Waals surface area contributed by atoms with Crippen LogP contribution in [0.15, 0.2) is 0 Å². The normalized spacial score (nSPS) is 14.9. The van der Waals surface area contributed by atoms with Crippen LogP contribution in [0.25, 0.3) is 0 Å². The highest BCUT2D eigenvalue weighted by Crippen LogP contribution is 2.33. The number of nitrogens with zero attached hydrogens (tertiary/aromatic N) is 2. The molecular formula is C13H22Cl2N2.